The third-order valence-corrected chi connectivity index (χ3v) is 5.35. The first-order chi connectivity index (χ1) is 13.6. The van der Waals surface area contributed by atoms with Gasteiger partial charge < -0.3 is 5.32 Å². The number of nitrogens with zero attached hydrogens (tertiary/aromatic N) is 4. The third kappa shape index (κ3) is 4.14. The zero-order chi connectivity index (χ0) is 19.5. The van der Waals surface area contributed by atoms with E-state index in [0.717, 1.165) is 10.2 Å². The number of aromatic nitrogens is 4. The largest absolute Gasteiger partial charge is 0.309 e. The Bertz CT molecular complexity index is 1110. The zero-order valence-electron chi connectivity index (χ0n) is 15.5. The number of halogens is 1. The van der Waals surface area contributed by atoms with Crippen LogP contribution in [0.15, 0.2) is 65.4 Å². The van der Waals surface area contributed by atoms with E-state index < -0.39 is 0 Å². The van der Waals surface area contributed by atoms with Gasteiger partial charge in [-0.1, -0.05) is 42.5 Å². The van der Waals surface area contributed by atoms with Crippen molar-refractivity contribution in [3.05, 3.63) is 76.7 Å². The number of amides is 1. The summed E-state index contributed by atoms with van der Waals surface area (Å²) in [5.41, 5.74) is 2.10. The third-order valence-electron chi connectivity index (χ3n) is 4.57. The molecule has 0 bridgehead atoms. The van der Waals surface area contributed by atoms with Crippen molar-refractivity contribution >= 4 is 38.4 Å². The minimum atomic E-state index is -0.0836. The van der Waals surface area contributed by atoms with Crippen LogP contribution in [0, 0.1) is 6.92 Å². The van der Waals surface area contributed by atoms with Gasteiger partial charge in [0.15, 0.2) is 5.82 Å². The highest BCUT2D eigenvalue weighted by atomic mass is 79.9. The number of benzene rings is 2. The van der Waals surface area contributed by atoms with Crippen molar-refractivity contribution in [1.29, 1.82) is 0 Å². The summed E-state index contributed by atoms with van der Waals surface area (Å²) < 4.78 is 4.55. The average molecular weight is 438 g/mol. The summed E-state index contributed by atoms with van der Waals surface area (Å²) >= 11 is 3.43. The number of fused-ring (bicyclic) bond motifs is 1. The fourth-order valence-electron chi connectivity index (χ4n) is 3.15. The van der Waals surface area contributed by atoms with Crippen LogP contribution in [0.5, 0.6) is 0 Å². The van der Waals surface area contributed by atoms with E-state index in [-0.39, 0.29) is 5.91 Å². The first-order valence-electron chi connectivity index (χ1n) is 9.08. The van der Waals surface area contributed by atoms with Gasteiger partial charge in [0.2, 0.25) is 5.91 Å². The molecule has 0 fully saturated rings. The Morgan fingerprint density at radius 2 is 1.89 bits per heavy atom. The van der Waals surface area contributed by atoms with Crippen molar-refractivity contribution in [1.82, 2.24) is 19.6 Å². The number of hydrogen-bond acceptors (Lipinski definition) is 3. The number of rotatable bonds is 6. The van der Waals surface area contributed by atoms with E-state index in [4.69, 9.17) is 0 Å². The van der Waals surface area contributed by atoms with Crippen LogP contribution in [0.4, 0.5) is 5.82 Å². The fraction of sp³-hybridized carbons (Fsp3) is 0.190. The summed E-state index contributed by atoms with van der Waals surface area (Å²) in [7, 11) is 0. The lowest BCUT2D eigenvalue weighted by atomic mass is 10.0. The summed E-state index contributed by atoms with van der Waals surface area (Å²) in [6, 6.07) is 16.4. The minimum Gasteiger partial charge on any atom is -0.309 e. The Kier molecular flexibility index (Phi) is 5.25. The smallest absolute Gasteiger partial charge is 0.227 e. The van der Waals surface area contributed by atoms with Gasteiger partial charge in [0, 0.05) is 31.4 Å². The first kappa shape index (κ1) is 18.4. The molecule has 0 aliphatic rings. The number of aryl methyl sites for hydroxylation is 2. The summed E-state index contributed by atoms with van der Waals surface area (Å²) in [5.74, 6) is 0.475. The maximum atomic E-state index is 12.2. The molecule has 0 unspecified atom stereocenters. The van der Waals surface area contributed by atoms with Gasteiger partial charge in [-0.15, -0.1) is 0 Å². The predicted octanol–water partition coefficient (Wildman–Crippen LogP) is 4.38. The van der Waals surface area contributed by atoms with Crippen molar-refractivity contribution < 1.29 is 4.79 Å². The van der Waals surface area contributed by atoms with Crippen LogP contribution in [0.3, 0.4) is 0 Å². The fourth-order valence-corrected chi connectivity index (χ4v) is 3.47. The van der Waals surface area contributed by atoms with Crippen molar-refractivity contribution in [2.24, 2.45) is 0 Å². The molecule has 142 valence electrons. The lowest BCUT2D eigenvalue weighted by Crippen LogP contribution is -2.15. The van der Waals surface area contributed by atoms with Crippen LogP contribution < -0.4 is 5.32 Å². The number of carbonyl (C=O) groups is 1. The molecule has 2 heterocycles. The molecule has 4 rings (SSSR count). The van der Waals surface area contributed by atoms with Gasteiger partial charge in [0.05, 0.1) is 16.7 Å². The molecule has 0 atom stereocenters. The van der Waals surface area contributed by atoms with Crippen molar-refractivity contribution in [3.63, 3.8) is 0 Å². The van der Waals surface area contributed by atoms with Crippen LogP contribution in [0.25, 0.3) is 10.8 Å². The van der Waals surface area contributed by atoms with Gasteiger partial charge in [0.1, 0.15) is 0 Å². The average Bonchev–Trinajstić information content (AvgIpc) is 3.26. The summed E-state index contributed by atoms with van der Waals surface area (Å²) in [6.07, 6.45) is 4.09. The van der Waals surface area contributed by atoms with E-state index in [2.05, 4.69) is 61.8 Å². The maximum absolute atomic E-state index is 12.2. The summed E-state index contributed by atoms with van der Waals surface area (Å²) in [6.45, 7) is 3.09. The van der Waals surface area contributed by atoms with E-state index >= 15 is 0 Å². The molecule has 6 nitrogen and oxygen atoms in total. The van der Waals surface area contributed by atoms with E-state index in [9.17, 15) is 4.79 Å². The van der Waals surface area contributed by atoms with Crippen molar-refractivity contribution in [2.45, 2.75) is 26.4 Å². The van der Waals surface area contributed by atoms with Crippen LogP contribution in [0.2, 0.25) is 0 Å². The standard InChI is InChI=1S/C21H20BrN5O/c1-15-19(22)14-27(24-15)12-10-21(28)23-20-9-11-26(25-20)13-17-7-4-6-16-5-2-3-8-18(16)17/h2-9,11,14H,10,12-13H2,1H3,(H,23,25,28). The number of hydrogen-bond donors (Lipinski definition) is 1. The lowest BCUT2D eigenvalue weighted by molar-refractivity contribution is -0.116. The van der Waals surface area contributed by atoms with E-state index in [1.807, 2.05) is 42.2 Å². The van der Waals surface area contributed by atoms with Crippen LogP contribution in [0.1, 0.15) is 17.7 Å². The molecular formula is C21H20BrN5O. The van der Waals surface area contributed by atoms with Crippen molar-refractivity contribution in [2.75, 3.05) is 5.32 Å². The first-order valence-corrected chi connectivity index (χ1v) is 9.87. The highest BCUT2D eigenvalue weighted by molar-refractivity contribution is 9.10. The molecule has 28 heavy (non-hydrogen) atoms. The molecule has 0 aliphatic heterocycles. The number of anilines is 1. The molecule has 0 aliphatic carbocycles. The second kappa shape index (κ2) is 7.98. The van der Waals surface area contributed by atoms with E-state index in [1.54, 1.807) is 4.68 Å². The Hall–Kier alpha value is -2.93. The van der Waals surface area contributed by atoms with Crippen LogP contribution in [-0.4, -0.2) is 25.5 Å². The molecular weight excluding hydrogens is 418 g/mol. The molecule has 2 aromatic heterocycles. The Balaban J connectivity index is 1.38. The summed E-state index contributed by atoms with van der Waals surface area (Å²) in [4.78, 5) is 12.2. The second-order valence-corrected chi connectivity index (χ2v) is 7.51. The minimum absolute atomic E-state index is 0.0836. The van der Waals surface area contributed by atoms with Crippen molar-refractivity contribution in [3.8, 4) is 0 Å². The number of nitrogens with one attached hydrogen (secondary N) is 1. The monoisotopic (exact) mass is 437 g/mol. The molecule has 7 heteroatoms. The maximum Gasteiger partial charge on any atom is 0.227 e. The molecule has 0 radical (unpaired) electrons. The molecule has 1 amide bonds. The predicted molar refractivity (Wildman–Crippen MR) is 113 cm³/mol. The van der Waals surface area contributed by atoms with Gasteiger partial charge in [-0.2, -0.15) is 10.2 Å². The molecule has 4 aromatic rings. The Morgan fingerprint density at radius 1 is 1.07 bits per heavy atom. The van der Waals surface area contributed by atoms with Gasteiger partial charge in [-0.05, 0) is 39.2 Å². The van der Waals surface area contributed by atoms with Crippen LogP contribution in [-0.2, 0) is 17.9 Å². The van der Waals surface area contributed by atoms with E-state index in [1.165, 1.54) is 16.3 Å². The second-order valence-electron chi connectivity index (χ2n) is 6.66. The molecule has 0 saturated heterocycles. The highest BCUT2D eigenvalue weighted by Crippen LogP contribution is 2.19. The lowest BCUT2D eigenvalue weighted by Gasteiger charge is -2.07. The molecule has 0 spiro atoms. The molecule has 1 N–H and O–H groups in total. The van der Waals surface area contributed by atoms with Gasteiger partial charge in [-0.3, -0.25) is 14.2 Å². The van der Waals surface area contributed by atoms with Gasteiger partial charge >= 0.3 is 0 Å². The Morgan fingerprint density at radius 3 is 2.71 bits per heavy atom. The normalized spacial score (nSPS) is 11.1. The Labute approximate surface area is 171 Å². The summed E-state index contributed by atoms with van der Waals surface area (Å²) in [5, 5.41) is 14.1. The van der Waals surface area contributed by atoms with E-state index in [0.29, 0.717) is 25.3 Å². The van der Waals surface area contributed by atoms with Gasteiger partial charge in [-0.25, -0.2) is 0 Å². The van der Waals surface area contributed by atoms with Crippen LogP contribution >= 0.6 is 15.9 Å². The van der Waals surface area contributed by atoms with Gasteiger partial charge in [0.25, 0.3) is 0 Å². The SMILES string of the molecule is Cc1nn(CCC(=O)Nc2ccn(Cc3cccc4ccccc34)n2)cc1Br. The number of carbonyl (C=O) groups excluding carboxylic acids is 1. The highest BCUT2D eigenvalue weighted by Gasteiger charge is 2.08. The topological polar surface area (TPSA) is 64.7 Å². The quantitative estimate of drug-likeness (QED) is 0.486. The molecule has 0 saturated carbocycles. The zero-order valence-corrected chi connectivity index (χ0v) is 17.1. The molecule has 2 aromatic carbocycles.